The molecule has 0 aromatic heterocycles. The smallest absolute Gasteiger partial charge is 0.140 e. The molecule has 0 radical (unpaired) electrons. The van der Waals surface area contributed by atoms with E-state index in [1.165, 1.54) is 5.56 Å². The number of rotatable bonds is 3. The van der Waals surface area contributed by atoms with E-state index in [1.54, 1.807) is 0 Å². The zero-order valence-electron chi connectivity index (χ0n) is 11.6. The highest BCUT2D eigenvalue weighted by Gasteiger charge is 2.13. The molecule has 2 nitrogen and oxygen atoms in total. The molecular formula is C17H18N2. The Bertz CT molecular complexity index is 623. The summed E-state index contributed by atoms with van der Waals surface area (Å²) in [5, 5.41) is 12.8. The zero-order valence-corrected chi connectivity index (χ0v) is 11.6. The summed E-state index contributed by atoms with van der Waals surface area (Å²) in [6.07, 6.45) is 0. The van der Waals surface area contributed by atoms with E-state index in [9.17, 15) is 5.26 Å². The lowest BCUT2D eigenvalue weighted by Crippen LogP contribution is -2.11. The fourth-order valence-electron chi connectivity index (χ4n) is 2.14. The van der Waals surface area contributed by atoms with Crippen LogP contribution in [0.3, 0.4) is 0 Å². The number of hydrogen-bond acceptors (Lipinski definition) is 2. The van der Waals surface area contributed by atoms with E-state index in [0.29, 0.717) is 0 Å². The molecule has 0 fully saturated rings. The van der Waals surface area contributed by atoms with Gasteiger partial charge in [-0.1, -0.05) is 42.0 Å². The maximum atomic E-state index is 9.43. The Morgan fingerprint density at radius 2 is 1.74 bits per heavy atom. The molecule has 2 heteroatoms. The van der Waals surface area contributed by atoms with Gasteiger partial charge in [-0.05, 0) is 43.5 Å². The van der Waals surface area contributed by atoms with Crippen molar-refractivity contribution in [2.24, 2.45) is 0 Å². The van der Waals surface area contributed by atoms with Crippen LogP contribution in [-0.2, 0) is 0 Å². The number of benzene rings is 2. The van der Waals surface area contributed by atoms with Crippen molar-refractivity contribution < 1.29 is 0 Å². The number of anilines is 1. The molecule has 0 saturated carbocycles. The third kappa shape index (κ3) is 2.95. The second-order valence-electron chi connectivity index (χ2n) is 4.88. The molecule has 1 unspecified atom stereocenters. The van der Waals surface area contributed by atoms with Gasteiger partial charge in [-0.15, -0.1) is 0 Å². The molecule has 2 aromatic carbocycles. The summed E-state index contributed by atoms with van der Waals surface area (Å²) in [7, 11) is 0. The average Bonchev–Trinajstić information content (AvgIpc) is 2.41. The monoisotopic (exact) mass is 250 g/mol. The number of para-hydroxylation sites is 1. The number of nitrogens with zero attached hydrogens (tertiary/aromatic N) is 1. The molecule has 1 atom stereocenters. The third-order valence-electron chi connectivity index (χ3n) is 3.32. The lowest BCUT2D eigenvalue weighted by atomic mass is 9.99. The number of hydrogen-bond donors (Lipinski definition) is 1. The highest BCUT2D eigenvalue weighted by molar-refractivity contribution is 5.54. The van der Waals surface area contributed by atoms with Gasteiger partial charge in [0.15, 0.2) is 0 Å². The molecule has 2 aromatic rings. The third-order valence-corrected chi connectivity index (χ3v) is 3.32. The molecule has 0 aliphatic rings. The Morgan fingerprint density at radius 3 is 2.42 bits per heavy atom. The van der Waals surface area contributed by atoms with Crippen LogP contribution in [0.1, 0.15) is 28.3 Å². The van der Waals surface area contributed by atoms with E-state index in [-0.39, 0.29) is 6.04 Å². The molecule has 0 aliphatic carbocycles. The largest absolute Gasteiger partial charge is 0.366 e. The van der Waals surface area contributed by atoms with Crippen LogP contribution in [0.2, 0.25) is 0 Å². The molecule has 1 N–H and O–H groups in total. The number of nitriles is 1. The van der Waals surface area contributed by atoms with Crippen molar-refractivity contribution in [3.05, 3.63) is 64.7 Å². The maximum absolute atomic E-state index is 9.43. The van der Waals surface area contributed by atoms with Gasteiger partial charge in [0.1, 0.15) is 6.04 Å². The van der Waals surface area contributed by atoms with Crippen LogP contribution in [0.25, 0.3) is 0 Å². The van der Waals surface area contributed by atoms with Gasteiger partial charge in [-0.2, -0.15) is 5.26 Å². The van der Waals surface area contributed by atoms with E-state index >= 15 is 0 Å². The van der Waals surface area contributed by atoms with Crippen LogP contribution >= 0.6 is 0 Å². The van der Waals surface area contributed by atoms with Crippen molar-refractivity contribution in [3.63, 3.8) is 0 Å². The van der Waals surface area contributed by atoms with Crippen molar-refractivity contribution >= 4 is 5.69 Å². The van der Waals surface area contributed by atoms with Crippen molar-refractivity contribution in [2.75, 3.05) is 5.32 Å². The van der Waals surface area contributed by atoms with Gasteiger partial charge in [0, 0.05) is 5.69 Å². The van der Waals surface area contributed by atoms with Gasteiger partial charge < -0.3 is 5.32 Å². The topological polar surface area (TPSA) is 35.8 Å². The second kappa shape index (κ2) is 5.58. The molecule has 0 heterocycles. The van der Waals surface area contributed by atoms with E-state index in [1.807, 2.05) is 45.0 Å². The first-order valence-electron chi connectivity index (χ1n) is 6.41. The fraction of sp³-hybridized carbons (Fsp3) is 0.235. The van der Waals surface area contributed by atoms with E-state index in [4.69, 9.17) is 0 Å². The van der Waals surface area contributed by atoms with Crippen LogP contribution in [0.5, 0.6) is 0 Å². The van der Waals surface area contributed by atoms with Gasteiger partial charge >= 0.3 is 0 Å². The standard InChI is InChI=1S/C17H18N2/c1-12-8-9-13(2)15(10-12)17(11-18)19-16-7-5-4-6-14(16)3/h4-10,17,19H,1-3H3. The van der Waals surface area contributed by atoms with E-state index < -0.39 is 0 Å². The molecular weight excluding hydrogens is 232 g/mol. The minimum Gasteiger partial charge on any atom is -0.366 e. The molecule has 0 bridgehead atoms. The molecule has 0 spiro atoms. The van der Waals surface area contributed by atoms with Crippen LogP contribution < -0.4 is 5.32 Å². The number of nitrogens with one attached hydrogen (secondary N) is 1. The predicted molar refractivity (Wildman–Crippen MR) is 79.1 cm³/mol. The van der Waals surface area contributed by atoms with Crippen molar-refractivity contribution in [3.8, 4) is 6.07 Å². The molecule has 96 valence electrons. The molecule has 0 aliphatic heterocycles. The first-order valence-corrected chi connectivity index (χ1v) is 6.41. The average molecular weight is 250 g/mol. The quantitative estimate of drug-likeness (QED) is 0.882. The van der Waals surface area contributed by atoms with E-state index in [2.05, 4.69) is 29.6 Å². The Morgan fingerprint density at radius 1 is 1.00 bits per heavy atom. The summed E-state index contributed by atoms with van der Waals surface area (Å²) in [4.78, 5) is 0. The second-order valence-corrected chi connectivity index (χ2v) is 4.88. The van der Waals surface area contributed by atoms with Gasteiger partial charge in [0.25, 0.3) is 0 Å². The lowest BCUT2D eigenvalue weighted by Gasteiger charge is -2.17. The minimum absolute atomic E-state index is 0.319. The van der Waals surface area contributed by atoms with Crippen LogP contribution in [-0.4, -0.2) is 0 Å². The number of aryl methyl sites for hydroxylation is 3. The van der Waals surface area contributed by atoms with Gasteiger partial charge in [0.2, 0.25) is 0 Å². The summed E-state index contributed by atoms with van der Waals surface area (Å²) in [5.41, 5.74) is 5.51. The SMILES string of the molecule is Cc1ccc(C)c(C(C#N)Nc2ccccc2C)c1. The fourth-order valence-corrected chi connectivity index (χ4v) is 2.14. The normalized spacial score (nSPS) is 11.7. The Hall–Kier alpha value is -2.27. The predicted octanol–water partition coefficient (Wildman–Crippen LogP) is 4.29. The molecule has 2 rings (SSSR count). The Kier molecular flexibility index (Phi) is 3.87. The molecule has 0 saturated heterocycles. The van der Waals surface area contributed by atoms with Crippen molar-refractivity contribution in [1.82, 2.24) is 0 Å². The summed E-state index contributed by atoms with van der Waals surface area (Å²) < 4.78 is 0. The van der Waals surface area contributed by atoms with Crippen LogP contribution in [0, 0.1) is 32.1 Å². The van der Waals surface area contributed by atoms with Gasteiger partial charge in [0.05, 0.1) is 6.07 Å². The maximum Gasteiger partial charge on any atom is 0.140 e. The summed E-state index contributed by atoms with van der Waals surface area (Å²) in [6.45, 7) is 6.13. The van der Waals surface area contributed by atoms with Crippen LogP contribution in [0.15, 0.2) is 42.5 Å². The van der Waals surface area contributed by atoms with E-state index in [0.717, 1.165) is 22.4 Å². The Balaban J connectivity index is 2.34. The Labute approximate surface area is 114 Å². The lowest BCUT2D eigenvalue weighted by molar-refractivity contribution is 0.975. The zero-order chi connectivity index (χ0) is 13.8. The van der Waals surface area contributed by atoms with Crippen LogP contribution in [0.4, 0.5) is 5.69 Å². The summed E-state index contributed by atoms with van der Waals surface area (Å²) in [5.74, 6) is 0. The van der Waals surface area contributed by atoms with Crippen molar-refractivity contribution in [2.45, 2.75) is 26.8 Å². The molecule has 19 heavy (non-hydrogen) atoms. The molecule has 0 amide bonds. The highest BCUT2D eigenvalue weighted by Crippen LogP contribution is 2.24. The first kappa shape index (κ1) is 13.2. The summed E-state index contributed by atoms with van der Waals surface area (Å²) >= 11 is 0. The first-order chi connectivity index (χ1) is 9.11. The van der Waals surface area contributed by atoms with Gasteiger partial charge in [-0.3, -0.25) is 0 Å². The van der Waals surface area contributed by atoms with Gasteiger partial charge in [-0.25, -0.2) is 0 Å². The minimum atomic E-state index is -0.319. The summed E-state index contributed by atoms with van der Waals surface area (Å²) in [6, 6.07) is 16.3. The van der Waals surface area contributed by atoms with Crippen molar-refractivity contribution in [1.29, 1.82) is 5.26 Å². The highest BCUT2D eigenvalue weighted by atomic mass is 14.9.